The number of thiophene rings is 1. The Morgan fingerprint density at radius 1 is 0.391 bits per heavy atom. The molecule has 0 bridgehead atoms. The molecule has 0 radical (unpaired) electrons. The highest BCUT2D eigenvalue weighted by Gasteiger charge is 2.21. The van der Waals surface area contributed by atoms with Crippen molar-refractivity contribution in [2.45, 2.75) is 0 Å². The number of benzene rings is 7. The van der Waals surface area contributed by atoms with Crippen molar-refractivity contribution in [2.75, 3.05) is 0 Å². The van der Waals surface area contributed by atoms with Crippen LogP contribution in [0.5, 0.6) is 11.5 Å². The summed E-state index contributed by atoms with van der Waals surface area (Å²) < 4.78 is 14.4. The molecule has 0 aliphatic carbocycles. The summed E-state index contributed by atoms with van der Waals surface area (Å²) in [6.45, 7) is 0. The van der Waals surface area contributed by atoms with Crippen LogP contribution in [-0.4, -0.2) is 9.13 Å². The van der Waals surface area contributed by atoms with Crippen LogP contribution < -0.4 is 4.74 Å². The summed E-state index contributed by atoms with van der Waals surface area (Å²) in [5, 5.41) is 7.15. The Labute approximate surface area is 268 Å². The zero-order valence-corrected chi connectivity index (χ0v) is 25.5. The molecule has 0 atom stereocenters. The van der Waals surface area contributed by atoms with Gasteiger partial charge in [0.05, 0.1) is 43.2 Å². The smallest absolute Gasteiger partial charge is 0.137 e. The molecule has 0 saturated carbocycles. The molecule has 3 aromatic heterocycles. The van der Waals surface area contributed by atoms with E-state index in [0.717, 1.165) is 50.0 Å². The minimum atomic E-state index is 0.847. The number of para-hydroxylation sites is 3. The summed E-state index contributed by atoms with van der Waals surface area (Å²) in [6, 6.07) is 56.0. The van der Waals surface area contributed by atoms with E-state index in [4.69, 9.17) is 4.74 Å². The first-order valence-electron chi connectivity index (χ1n) is 15.5. The molecule has 3 heterocycles. The summed E-state index contributed by atoms with van der Waals surface area (Å²) >= 11 is 1.86. The van der Waals surface area contributed by atoms with E-state index in [-0.39, 0.29) is 0 Å². The van der Waals surface area contributed by atoms with Crippen LogP contribution in [0.3, 0.4) is 0 Å². The molecule has 46 heavy (non-hydrogen) atoms. The van der Waals surface area contributed by atoms with Crippen LogP contribution >= 0.6 is 11.3 Å². The number of ether oxygens (including phenoxy) is 1. The van der Waals surface area contributed by atoms with Crippen molar-refractivity contribution in [3.05, 3.63) is 158 Å². The Balaban J connectivity index is 1.23. The van der Waals surface area contributed by atoms with Gasteiger partial charge in [0.1, 0.15) is 11.5 Å². The van der Waals surface area contributed by atoms with Gasteiger partial charge in [0, 0.05) is 31.9 Å². The topological polar surface area (TPSA) is 19.1 Å². The first kappa shape index (κ1) is 25.5. The maximum absolute atomic E-state index is 7.03. The second-order valence-electron chi connectivity index (χ2n) is 11.7. The van der Waals surface area contributed by atoms with E-state index >= 15 is 0 Å². The maximum atomic E-state index is 7.03. The third-order valence-electron chi connectivity index (χ3n) is 9.18. The zero-order chi connectivity index (χ0) is 30.2. The predicted molar refractivity (Wildman–Crippen MR) is 195 cm³/mol. The van der Waals surface area contributed by atoms with Crippen LogP contribution in [0.25, 0.3) is 75.2 Å². The van der Waals surface area contributed by atoms with E-state index in [1.54, 1.807) is 0 Å². The highest BCUT2D eigenvalue weighted by Crippen LogP contribution is 2.45. The van der Waals surface area contributed by atoms with Crippen LogP contribution in [0.15, 0.2) is 158 Å². The van der Waals surface area contributed by atoms with Gasteiger partial charge in [-0.15, -0.1) is 11.3 Å². The SMILES string of the molecule is c1ccc(-n2c3ccccc3c3c(Oc4cccc5c4c4ccccc4n5-c4cccc5c4sc4ccccc45)cccc32)cc1. The highest BCUT2D eigenvalue weighted by molar-refractivity contribution is 7.26. The van der Waals surface area contributed by atoms with Gasteiger partial charge in [-0.2, -0.15) is 0 Å². The summed E-state index contributed by atoms with van der Waals surface area (Å²) in [5.74, 6) is 1.69. The second kappa shape index (κ2) is 9.83. The molecule has 0 spiro atoms. The van der Waals surface area contributed by atoms with Gasteiger partial charge in [-0.05, 0) is 60.7 Å². The average Bonchev–Trinajstić information content (AvgIpc) is 3.77. The van der Waals surface area contributed by atoms with Crippen molar-refractivity contribution in [3.8, 4) is 22.9 Å². The summed E-state index contributed by atoms with van der Waals surface area (Å²) in [5.41, 5.74) is 6.89. The lowest BCUT2D eigenvalue weighted by atomic mass is 10.1. The van der Waals surface area contributed by atoms with Crippen LogP contribution in [0.2, 0.25) is 0 Å². The zero-order valence-electron chi connectivity index (χ0n) is 24.7. The first-order valence-corrected chi connectivity index (χ1v) is 16.3. The molecule has 0 saturated heterocycles. The monoisotopic (exact) mass is 606 g/mol. The highest BCUT2D eigenvalue weighted by atomic mass is 32.1. The molecule has 3 nitrogen and oxygen atoms in total. The van der Waals surface area contributed by atoms with E-state index in [0.29, 0.717) is 0 Å². The normalized spacial score (nSPS) is 11.9. The molecule has 0 N–H and O–H groups in total. The van der Waals surface area contributed by atoms with Crippen molar-refractivity contribution >= 4 is 75.1 Å². The summed E-state index contributed by atoms with van der Waals surface area (Å²) in [6.07, 6.45) is 0. The minimum Gasteiger partial charge on any atom is -0.456 e. The molecule has 0 fully saturated rings. The van der Waals surface area contributed by atoms with Crippen LogP contribution in [-0.2, 0) is 0 Å². The van der Waals surface area contributed by atoms with Crippen molar-refractivity contribution in [2.24, 2.45) is 0 Å². The number of fused-ring (bicyclic) bond motifs is 9. The van der Waals surface area contributed by atoms with Crippen molar-refractivity contribution in [1.82, 2.24) is 9.13 Å². The number of hydrogen-bond donors (Lipinski definition) is 0. The van der Waals surface area contributed by atoms with Crippen LogP contribution in [0.4, 0.5) is 0 Å². The van der Waals surface area contributed by atoms with E-state index in [9.17, 15) is 0 Å². The number of hydrogen-bond acceptors (Lipinski definition) is 2. The minimum absolute atomic E-state index is 0.847. The fraction of sp³-hybridized carbons (Fsp3) is 0. The number of rotatable bonds is 4. The third kappa shape index (κ3) is 3.59. The lowest BCUT2D eigenvalue weighted by Gasteiger charge is -2.12. The van der Waals surface area contributed by atoms with Crippen molar-refractivity contribution in [1.29, 1.82) is 0 Å². The van der Waals surface area contributed by atoms with Gasteiger partial charge in [0.25, 0.3) is 0 Å². The molecular formula is C42H26N2OS. The van der Waals surface area contributed by atoms with E-state index < -0.39 is 0 Å². The standard InChI is InChI=1S/C42H26N2OS/c1-2-13-27(14-3-1)43-32-19-7-4-16-30(32)40-34(43)21-11-24-37(40)45-38-25-12-22-35-41(38)31-17-5-8-20-33(31)44(35)36-23-10-18-29-28-15-6-9-26-39(28)46-42(29)36/h1-26H. The van der Waals surface area contributed by atoms with Gasteiger partial charge in [0.2, 0.25) is 0 Å². The molecule has 0 unspecified atom stereocenters. The number of aromatic nitrogens is 2. The Hall–Kier alpha value is -5.84. The molecule has 0 amide bonds. The quantitative estimate of drug-likeness (QED) is 0.195. The molecular weight excluding hydrogens is 581 g/mol. The largest absolute Gasteiger partial charge is 0.456 e. The summed E-state index contributed by atoms with van der Waals surface area (Å²) in [7, 11) is 0. The maximum Gasteiger partial charge on any atom is 0.137 e. The molecule has 10 rings (SSSR count). The Kier molecular flexibility index (Phi) is 5.45. The molecule has 0 aliphatic heterocycles. The van der Waals surface area contributed by atoms with Gasteiger partial charge in [0.15, 0.2) is 0 Å². The summed E-state index contributed by atoms with van der Waals surface area (Å²) in [4.78, 5) is 0. The van der Waals surface area contributed by atoms with Crippen molar-refractivity contribution < 1.29 is 4.74 Å². The lowest BCUT2D eigenvalue weighted by Crippen LogP contribution is -1.94. The second-order valence-corrected chi connectivity index (χ2v) is 12.7. The van der Waals surface area contributed by atoms with Gasteiger partial charge >= 0.3 is 0 Å². The van der Waals surface area contributed by atoms with E-state index in [2.05, 4.69) is 167 Å². The van der Waals surface area contributed by atoms with Gasteiger partial charge < -0.3 is 13.9 Å². The third-order valence-corrected chi connectivity index (χ3v) is 10.4. The Bertz CT molecular complexity index is 2780. The Morgan fingerprint density at radius 3 is 1.63 bits per heavy atom. The van der Waals surface area contributed by atoms with Gasteiger partial charge in [-0.25, -0.2) is 0 Å². The Morgan fingerprint density at radius 2 is 0.913 bits per heavy atom. The fourth-order valence-electron chi connectivity index (χ4n) is 7.28. The fourth-order valence-corrected chi connectivity index (χ4v) is 8.49. The van der Waals surface area contributed by atoms with Crippen LogP contribution in [0, 0.1) is 0 Å². The molecule has 7 aromatic carbocycles. The van der Waals surface area contributed by atoms with Gasteiger partial charge in [-0.1, -0.05) is 97.1 Å². The molecule has 216 valence electrons. The lowest BCUT2D eigenvalue weighted by molar-refractivity contribution is 0.495. The van der Waals surface area contributed by atoms with Crippen LogP contribution in [0.1, 0.15) is 0 Å². The van der Waals surface area contributed by atoms with E-state index in [1.165, 1.54) is 36.6 Å². The van der Waals surface area contributed by atoms with Gasteiger partial charge in [-0.3, -0.25) is 0 Å². The van der Waals surface area contributed by atoms with Crippen molar-refractivity contribution in [3.63, 3.8) is 0 Å². The number of nitrogens with zero attached hydrogens (tertiary/aromatic N) is 2. The molecule has 0 aliphatic rings. The van der Waals surface area contributed by atoms with E-state index in [1.807, 2.05) is 11.3 Å². The first-order chi connectivity index (χ1) is 22.8. The predicted octanol–water partition coefficient (Wildman–Crippen LogP) is 12.0. The molecule has 4 heteroatoms. The molecule has 10 aromatic rings. The average molecular weight is 607 g/mol.